The van der Waals surface area contributed by atoms with E-state index in [1.807, 2.05) is 24.3 Å². The molecule has 3 heteroatoms. The Morgan fingerprint density at radius 3 is 2.79 bits per heavy atom. The van der Waals surface area contributed by atoms with Crippen LogP contribution in [0.3, 0.4) is 0 Å². The molecule has 14 heavy (non-hydrogen) atoms. The van der Waals surface area contributed by atoms with E-state index in [2.05, 4.69) is 4.89 Å². The largest absolute Gasteiger partial charge is 0.508 e. The number of phenolic OH excluding ortho intramolecular Hbond substituents is 1. The van der Waals surface area contributed by atoms with E-state index in [1.54, 1.807) is 6.07 Å². The highest BCUT2D eigenvalue weighted by Gasteiger charge is 2.32. The van der Waals surface area contributed by atoms with Gasteiger partial charge in [0, 0.05) is 5.56 Å². The van der Waals surface area contributed by atoms with Crippen LogP contribution in [-0.4, -0.2) is 10.4 Å². The minimum absolute atomic E-state index is 0.176. The van der Waals surface area contributed by atoms with E-state index in [4.69, 9.17) is 5.26 Å². The Balaban J connectivity index is 2.41. The van der Waals surface area contributed by atoms with Crippen molar-refractivity contribution in [3.8, 4) is 5.75 Å². The Bertz CT molecular complexity index is 519. The first-order valence-electron chi connectivity index (χ1n) is 4.37. The molecule has 2 N–H and O–H groups in total. The third kappa shape index (κ3) is 0.737. The summed E-state index contributed by atoms with van der Waals surface area (Å²) in [4.78, 5) is 4.32. The number of hydrogen-bond donors (Lipinski definition) is 2. The van der Waals surface area contributed by atoms with E-state index in [-0.39, 0.29) is 5.75 Å². The molecule has 3 nitrogen and oxygen atoms in total. The van der Waals surface area contributed by atoms with Crippen LogP contribution in [0.2, 0.25) is 0 Å². The van der Waals surface area contributed by atoms with Crippen LogP contribution in [0.25, 0.3) is 10.8 Å². The third-order valence-corrected chi connectivity index (χ3v) is 2.75. The molecule has 1 aliphatic carbocycles. The van der Waals surface area contributed by atoms with Gasteiger partial charge in [-0.05, 0) is 22.4 Å². The van der Waals surface area contributed by atoms with Crippen LogP contribution in [0.1, 0.15) is 17.2 Å². The molecule has 0 aromatic heterocycles. The molecular formula is C11H8O3. The summed E-state index contributed by atoms with van der Waals surface area (Å²) in [7, 11) is 0. The summed E-state index contributed by atoms with van der Waals surface area (Å²) in [5.74, 6) is 0.176. The predicted octanol–water partition coefficient (Wildman–Crippen LogP) is 2.44. The number of phenols is 1. The van der Waals surface area contributed by atoms with Gasteiger partial charge in [0.15, 0.2) is 0 Å². The van der Waals surface area contributed by atoms with Crippen molar-refractivity contribution in [3.05, 3.63) is 41.5 Å². The van der Waals surface area contributed by atoms with Crippen molar-refractivity contribution in [2.24, 2.45) is 0 Å². The molecule has 0 spiro atoms. The fourth-order valence-corrected chi connectivity index (χ4v) is 2.10. The number of hydrogen-bond acceptors (Lipinski definition) is 3. The molecule has 3 rings (SSSR count). The first-order chi connectivity index (χ1) is 6.83. The maximum Gasteiger partial charge on any atom is 0.148 e. The van der Waals surface area contributed by atoms with Crippen LogP contribution < -0.4 is 0 Å². The number of benzene rings is 2. The molecule has 70 valence electrons. The lowest BCUT2D eigenvalue weighted by Gasteiger charge is -2.28. The quantitative estimate of drug-likeness (QED) is 0.533. The minimum atomic E-state index is -0.491. The van der Waals surface area contributed by atoms with Crippen molar-refractivity contribution < 1.29 is 15.3 Å². The zero-order valence-electron chi connectivity index (χ0n) is 7.27. The highest BCUT2D eigenvalue weighted by atomic mass is 17.1. The fourth-order valence-electron chi connectivity index (χ4n) is 2.10. The topological polar surface area (TPSA) is 49.7 Å². The zero-order chi connectivity index (χ0) is 9.71. The van der Waals surface area contributed by atoms with Gasteiger partial charge in [-0.15, -0.1) is 0 Å². The molecule has 2 aromatic carbocycles. The molecule has 0 amide bonds. The minimum Gasteiger partial charge on any atom is -0.508 e. The van der Waals surface area contributed by atoms with E-state index >= 15 is 0 Å². The molecule has 0 heterocycles. The average molecular weight is 188 g/mol. The number of rotatable bonds is 1. The maximum atomic E-state index is 9.57. The molecular weight excluding hydrogens is 180 g/mol. The van der Waals surface area contributed by atoms with Gasteiger partial charge in [0.05, 0.1) is 0 Å². The van der Waals surface area contributed by atoms with Crippen molar-refractivity contribution >= 4 is 10.8 Å². The lowest BCUT2D eigenvalue weighted by atomic mass is 9.82. The van der Waals surface area contributed by atoms with Crippen LogP contribution in [0, 0.1) is 0 Å². The maximum absolute atomic E-state index is 9.57. The SMILES string of the molecule is OOC1c2cccc3ccc(O)c1c23. The highest BCUT2D eigenvalue weighted by Crippen LogP contribution is 2.48. The van der Waals surface area contributed by atoms with E-state index in [9.17, 15) is 5.11 Å². The van der Waals surface area contributed by atoms with E-state index in [0.717, 1.165) is 16.3 Å². The second-order valence-electron chi connectivity index (χ2n) is 3.43. The van der Waals surface area contributed by atoms with Gasteiger partial charge < -0.3 is 5.11 Å². The molecule has 1 aliphatic rings. The van der Waals surface area contributed by atoms with Gasteiger partial charge in [-0.25, -0.2) is 4.89 Å². The summed E-state index contributed by atoms with van der Waals surface area (Å²) in [5.41, 5.74) is 1.61. The number of aromatic hydroxyl groups is 1. The van der Waals surface area contributed by atoms with Crippen LogP contribution >= 0.6 is 0 Å². The molecule has 0 bridgehead atoms. The summed E-state index contributed by atoms with van der Waals surface area (Å²) in [5, 5.41) is 20.3. The average Bonchev–Trinajstić information content (AvgIpc) is 2.18. The predicted molar refractivity (Wildman–Crippen MR) is 51.2 cm³/mol. The van der Waals surface area contributed by atoms with E-state index in [1.165, 1.54) is 0 Å². The molecule has 0 aliphatic heterocycles. The monoisotopic (exact) mass is 188 g/mol. The molecule has 0 saturated heterocycles. The molecule has 1 unspecified atom stereocenters. The lowest BCUT2D eigenvalue weighted by Crippen LogP contribution is -2.14. The summed E-state index contributed by atoms with van der Waals surface area (Å²) in [6, 6.07) is 9.23. The van der Waals surface area contributed by atoms with Gasteiger partial charge in [-0.2, -0.15) is 0 Å². The Labute approximate surface area is 80.1 Å². The van der Waals surface area contributed by atoms with Crippen LogP contribution in [0.4, 0.5) is 0 Å². The Hall–Kier alpha value is -1.58. The summed E-state index contributed by atoms with van der Waals surface area (Å²) >= 11 is 0. The van der Waals surface area contributed by atoms with Crippen molar-refractivity contribution in [1.82, 2.24) is 0 Å². The van der Waals surface area contributed by atoms with E-state index in [0.29, 0.717) is 5.56 Å². The Kier molecular flexibility index (Phi) is 1.37. The van der Waals surface area contributed by atoms with Gasteiger partial charge in [0.2, 0.25) is 0 Å². The van der Waals surface area contributed by atoms with Gasteiger partial charge in [-0.3, -0.25) is 5.26 Å². The van der Waals surface area contributed by atoms with E-state index < -0.39 is 6.10 Å². The summed E-state index contributed by atoms with van der Waals surface area (Å²) in [6.45, 7) is 0. The molecule has 2 aromatic rings. The molecule has 0 fully saturated rings. The van der Waals surface area contributed by atoms with Gasteiger partial charge in [-0.1, -0.05) is 24.3 Å². The molecule has 0 saturated carbocycles. The Morgan fingerprint density at radius 1 is 1.14 bits per heavy atom. The van der Waals surface area contributed by atoms with Crippen molar-refractivity contribution in [3.63, 3.8) is 0 Å². The first-order valence-corrected chi connectivity index (χ1v) is 4.37. The normalized spacial score (nSPS) is 18.2. The van der Waals surface area contributed by atoms with Crippen LogP contribution in [0.15, 0.2) is 30.3 Å². The standard InChI is InChI=1S/C11H8O3/c12-8-5-4-6-2-1-3-7-9(6)10(8)11(7)14-13/h1-5,11-13H. The third-order valence-electron chi connectivity index (χ3n) is 2.75. The molecule has 0 radical (unpaired) electrons. The van der Waals surface area contributed by atoms with Crippen molar-refractivity contribution in [2.75, 3.05) is 0 Å². The van der Waals surface area contributed by atoms with Gasteiger partial charge in [0.25, 0.3) is 0 Å². The second kappa shape index (κ2) is 2.47. The lowest BCUT2D eigenvalue weighted by molar-refractivity contribution is -0.272. The first kappa shape index (κ1) is 7.79. The van der Waals surface area contributed by atoms with Gasteiger partial charge in [0.1, 0.15) is 11.9 Å². The summed E-state index contributed by atoms with van der Waals surface area (Å²) in [6.07, 6.45) is -0.491. The zero-order valence-corrected chi connectivity index (χ0v) is 7.27. The fraction of sp³-hybridized carbons (Fsp3) is 0.0909. The van der Waals surface area contributed by atoms with Crippen LogP contribution in [0.5, 0.6) is 5.75 Å². The smallest absolute Gasteiger partial charge is 0.148 e. The molecule has 1 atom stereocenters. The van der Waals surface area contributed by atoms with Crippen molar-refractivity contribution in [1.29, 1.82) is 0 Å². The van der Waals surface area contributed by atoms with Crippen molar-refractivity contribution in [2.45, 2.75) is 6.10 Å². The van der Waals surface area contributed by atoms with Crippen LogP contribution in [-0.2, 0) is 4.89 Å². The second-order valence-corrected chi connectivity index (χ2v) is 3.43. The van der Waals surface area contributed by atoms with Gasteiger partial charge >= 0.3 is 0 Å². The highest BCUT2D eigenvalue weighted by molar-refractivity contribution is 5.97. The Morgan fingerprint density at radius 2 is 2.00 bits per heavy atom. The summed E-state index contributed by atoms with van der Waals surface area (Å²) < 4.78 is 0.